The van der Waals surface area contributed by atoms with Crippen molar-refractivity contribution in [1.29, 1.82) is 0 Å². The van der Waals surface area contributed by atoms with Crippen molar-refractivity contribution in [2.45, 2.75) is 55.5 Å². The first kappa shape index (κ1) is 38.7. The van der Waals surface area contributed by atoms with Gasteiger partial charge in [-0.3, -0.25) is 14.5 Å². The van der Waals surface area contributed by atoms with Gasteiger partial charge in [-0.25, -0.2) is 13.8 Å². The van der Waals surface area contributed by atoms with Crippen molar-refractivity contribution < 1.29 is 26.7 Å². The van der Waals surface area contributed by atoms with Gasteiger partial charge in [-0.15, -0.1) is 23.1 Å². The number of piperidine rings is 1. The number of aromatic nitrogens is 2. The molecule has 0 spiro atoms. The van der Waals surface area contributed by atoms with Crippen molar-refractivity contribution in [3.8, 4) is 11.1 Å². The Bertz CT molecular complexity index is 2360. The summed E-state index contributed by atoms with van der Waals surface area (Å²) in [5.41, 5.74) is 2.81. The molecule has 284 valence electrons. The number of hydrogen-bond donors (Lipinski definition) is 0. The highest BCUT2D eigenvalue weighted by Gasteiger charge is 2.31. The third-order valence-electron chi connectivity index (χ3n) is 9.76. The lowest BCUT2D eigenvalue weighted by Gasteiger charge is -2.39. The van der Waals surface area contributed by atoms with Gasteiger partial charge in [0, 0.05) is 60.4 Å². The molecule has 1 amide bonds. The van der Waals surface area contributed by atoms with Gasteiger partial charge in [0.2, 0.25) is 5.91 Å². The second-order valence-electron chi connectivity index (χ2n) is 13.3. The summed E-state index contributed by atoms with van der Waals surface area (Å²) in [6.07, 6.45) is -3.04. The van der Waals surface area contributed by atoms with Crippen LogP contribution in [0.5, 0.6) is 0 Å². The standard InChI is InChI=1S/C41H34ClF5N4O2S2/c42-40-48-31(25-55-40)22-49-18-16-32(17-19-49)50(21-26-8-10-27(11-9-26)28-12-14-30(15-13-28)41(45,46)47)37(53)23-51-35-7-2-1-5-33(35)36(52)20-38(51)54-24-29-4-3-6-34(43)39(29)44/h1-15,20,25,32H,16-19,21-24H2. The highest BCUT2D eigenvalue weighted by atomic mass is 35.5. The van der Waals surface area contributed by atoms with Crippen molar-refractivity contribution >= 4 is 51.5 Å². The topological polar surface area (TPSA) is 58.4 Å². The predicted molar refractivity (Wildman–Crippen MR) is 207 cm³/mol. The SMILES string of the molecule is O=C(Cn1c(SCc2cccc(F)c2F)cc(=O)c2ccccc21)N(Cc1ccc(-c2ccc(C(F)(F)F)cc2)cc1)C1CCN(Cc2csc(Cl)n2)CC1. The summed E-state index contributed by atoms with van der Waals surface area (Å²) in [4.78, 5) is 36.4. The van der Waals surface area contributed by atoms with E-state index in [0.29, 0.717) is 45.3 Å². The van der Waals surface area contributed by atoms with Crippen LogP contribution in [0.2, 0.25) is 4.47 Å². The molecule has 0 bridgehead atoms. The van der Waals surface area contributed by atoms with Crippen LogP contribution in [0.25, 0.3) is 22.0 Å². The minimum absolute atomic E-state index is 0.0349. The van der Waals surface area contributed by atoms with E-state index in [4.69, 9.17) is 11.6 Å². The Morgan fingerprint density at radius 3 is 2.29 bits per heavy atom. The average Bonchev–Trinajstić information content (AvgIpc) is 3.60. The van der Waals surface area contributed by atoms with Gasteiger partial charge >= 0.3 is 6.18 Å². The highest BCUT2D eigenvalue weighted by Crippen LogP contribution is 2.32. The molecule has 0 unspecified atom stereocenters. The molecule has 1 fully saturated rings. The molecular formula is C41H34ClF5N4O2S2. The maximum atomic E-state index is 14.6. The number of thiazole rings is 1. The summed E-state index contributed by atoms with van der Waals surface area (Å²) in [5.74, 6) is -2.08. The molecule has 6 nitrogen and oxygen atoms in total. The Balaban J connectivity index is 1.16. The zero-order chi connectivity index (χ0) is 38.7. The van der Waals surface area contributed by atoms with Crippen molar-refractivity contribution in [2.24, 2.45) is 0 Å². The van der Waals surface area contributed by atoms with Gasteiger partial charge in [0.1, 0.15) is 6.54 Å². The number of benzene rings is 4. The first-order valence-electron chi connectivity index (χ1n) is 17.5. The molecule has 6 aromatic rings. The minimum Gasteiger partial charge on any atom is -0.334 e. The molecule has 0 atom stereocenters. The number of halogens is 6. The predicted octanol–water partition coefficient (Wildman–Crippen LogP) is 10.1. The molecule has 2 aromatic heterocycles. The second-order valence-corrected chi connectivity index (χ2v) is 15.8. The highest BCUT2D eigenvalue weighted by molar-refractivity contribution is 7.98. The van der Waals surface area contributed by atoms with Gasteiger partial charge in [0.05, 0.1) is 21.8 Å². The Labute approximate surface area is 327 Å². The maximum Gasteiger partial charge on any atom is 0.416 e. The Morgan fingerprint density at radius 2 is 1.62 bits per heavy atom. The molecule has 1 saturated heterocycles. The fraction of sp³-hybridized carbons (Fsp3) is 0.244. The molecule has 4 aromatic carbocycles. The summed E-state index contributed by atoms with van der Waals surface area (Å²) >= 11 is 8.59. The van der Waals surface area contributed by atoms with Crippen LogP contribution in [-0.2, 0) is 36.4 Å². The lowest BCUT2D eigenvalue weighted by atomic mass is 10.00. The van der Waals surface area contributed by atoms with Gasteiger partial charge in [-0.1, -0.05) is 72.3 Å². The molecule has 0 N–H and O–H groups in total. The lowest BCUT2D eigenvalue weighted by Crippen LogP contribution is -2.48. The van der Waals surface area contributed by atoms with Crippen molar-refractivity contribution in [2.75, 3.05) is 13.1 Å². The molecule has 3 heterocycles. The second kappa shape index (κ2) is 16.7. The van der Waals surface area contributed by atoms with E-state index in [2.05, 4.69) is 9.88 Å². The Kier molecular flexibility index (Phi) is 11.7. The third kappa shape index (κ3) is 9.12. The molecule has 55 heavy (non-hydrogen) atoms. The molecule has 7 rings (SSSR count). The van der Waals surface area contributed by atoms with Crippen molar-refractivity contribution in [3.05, 3.63) is 151 Å². The van der Waals surface area contributed by atoms with Crippen molar-refractivity contribution in [3.63, 3.8) is 0 Å². The maximum absolute atomic E-state index is 14.6. The molecule has 0 aliphatic carbocycles. The van der Waals surface area contributed by atoms with E-state index in [0.717, 1.165) is 59.9 Å². The first-order valence-corrected chi connectivity index (χ1v) is 19.7. The Hall–Kier alpha value is -4.56. The molecule has 1 aliphatic heterocycles. The van der Waals surface area contributed by atoms with Crippen LogP contribution in [-0.4, -0.2) is 44.4 Å². The van der Waals surface area contributed by atoms with Crippen LogP contribution in [0.4, 0.5) is 22.0 Å². The summed E-state index contributed by atoms with van der Waals surface area (Å²) in [7, 11) is 0. The fourth-order valence-corrected chi connectivity index (χ4v) is 8.68. The fourth-order valence-electron chi connectivity index (χ4n) is 6.87. The van der Waals surface area contributed by atoms with Crippen molar-refractivity contribution in [1.82, 2.24) is 19.4 Å². The number of alkyl halides is 3. The number of thioether (sulfide) groups is 1. The number of para-hydroxylation sites is 1. The smallest absolute Gasteiger partial charge is 0.334 e. The molecule has 0 radical (unpaired) electrons. The number of pyridine rings is 1. The average molecular weight is 809 g/mol. The summed E-state index contributed by atoms with van der Waals surface area (Å²) in [5, 5.41) is 2.81. The van der Waals surface area contributed by atoms with E-state index in [-0.39, 0.29) is 41.8 Å². The number of nitrogens with zero attached hydrogens (tertiary/aromatic N) is 4. The number of fused-ring (bicyclic) bond motifs is 1. The Morgan fingerprint density at radius 1 is 0.927 bits per heavy atom. The molecule has 0 saturated carbocycles. The van der Waals surface area contributed by atoms with E-state index in [1.807, 2.05) is 34.5 Å². The zero-order valence-electron chi connectivity index (χ0n) is 29.2. The molecular weight excluding hydrogens is 775 g/mol. The van der Waals surface area contributed by atoms with Gasteiger partial charge in [-0.2, -0.15) is 13.2 Å². The lowest BCUT2D eigenvalue weighted by molar-refractivity contribution is -0.137. The van der Waals surface area contributed by atoms with Gasteiger partial charge < -0.3 is 9.47 Å². The third-order valence-corrected chi connectivity index (χ3v) is 11.9. The number of carbonyl (C=O) groups excluding carboxylic acids is 1. The number of hydrogen-bond acceptors (Lipinski definition) is 6. The van der Waals surface area contributed by atoms with Gasteiger partial charge in [0.25, 0.3) is 0 Å². The van der Waals surface area contributed by atoms with E-state index >= 15 is 0 Å². The van der Waals surface area contributed by atoms with Crippen LogP contribution < -0.4 is 5.43 Å². The number of carbonyl (C=O) groups is 1. The van der Waals surface area contributed by atoms with Gasteiger partial charge in [-0.05, 0) is 59.9 Å². The minimum atomic E-state index is -4.43. The van der Waals surface area contributed by atoms with Crippen LogP contribution in [0.1, 0.15) is 35.2 Å². The zero-order valence-corrected chi connectivity index (χ0v) is 31.6. The van der Waals surface area contributed by atoms with Crippen LogP contribution in [0, 0.1) is 11.6 Å². The van der Waals surface area contributed by atoms with E-state index in [9.17, 15) is 31.5 Å². The van der Waals surface area contributed by atoms with Gasteiger partial charge in [0.15, 0.2) is 21.5 Å². The number of likely N-dealkylation sites (tertiary alicyclic amines) is 1. The quantitative estimate of drug-likeness (QED) is 0.0964. The van der Waals surface area contributed by atoms with E-state index in [1.54, 1.807) is 28.8 Å². The van der Waals surface area contributed by atoms with Crippen LogP contribution in [0.15, 0.2) is 112 Å². The monoisotopic (exact) mass is 808 g/mol. The van der Waals surface area contributed by atoms with E-state index < -0.39 is 23.4 Å². The summed E-state index contributed by atoms with van der Waals surface area (Å²) < 4.78 is 70.3. The summed E-state index contributed by atoms with van der Waals surface area (Å²) in [6, 6.07) is 24.7. The summed E-state index contributed by atoms with van der Waals surface area (Å²) in [6.45, 7) is 2.24. The largest absolute Gasteiger partial charge is 0.416 e. The first-order chi connectivity index (χ1) is 26.4. The number of rotatable bonds is 11. The molecule has 1 aliphatic rings. The molecule has 14 heteroatoms. The van der Waals surface area contributed by atoms with Crippen LogP contribution >= 0.6 is 34.7 Å². The number of amides is 1. The van der Waals surface area contributed by atoms with Crippen LogP contribution in [0.3, 0.4) is 0 Å². The normalized spacial score (nSPS) is 14.1. The van der Waals surface area contributed by atoms with E-state index in [1.165, 1.54) is 41.7 Å².